The number of unbranched alkanes of at least 4 members (excludes halogenated alkanes) is 52. The lowest BCUT2D eigenvalue weighted by Gasteiger charge is -2.34. The van der Waals surface area contributed by atoms with Gasteiger partial charge in [0.25, 0.3) is 0 Å². The van der Waals surface area contributed by atoms with E-state index in [9.17, 15) is 9.90 Å². The van der Waals surface area contributed by atoms with Gasteiger partial charge in [-0.2, -0.15) is 0 Å². The monoisotopic (exact) mass is 1150 g/mol. The fourth-order valence-electron chi connectivity index (χ4n) is 11.3. The van der Waals surface area contributed by atoms with E-state index in [0.717, 1.165) is 51.4 Å². The average Bonchev–Trinajstić information content (AvgIpc) is 3.43. The molecule has 0 spiro atoms. The Morgan fingerprint density at radius 3 is 0.714 bits per heavy atom. The van der Waals surface area contributed by atoms with Crippen LogP contribution in [0.2, 0.25) is 0 Å². The first kappa shape index (κ1) is 77.0. The van der Waals surface area contributed by atoms with E-state index in [1.165, 1.54) is 308 Å². The summed E-state index contributed by atoms with van der Waals surface area (Å²) >= 11 is 3.35. The molecule has 0 rings (SSSR count). The summed E-state index contributed by atoms with van der Waals surface area (Å²) < 4.78 is 25.9. The van der Waals surface area contributed by atoms with E-state index in [-0.39, 0.29) is 11.3 Å². The first-order chi connectivity index (χ1) is 38.0. The lowest BCUT2D eigenvalue weighted by Crippen LogP contribution is -2.52. The quantitative estimate of drug-likeness (QED) is 0.0483. The average molecular weight is 1160 g/mol. The molecule has 4 atom stereocenters. The van der Waals surface area contributed by atoms with Crippen molar-refractivity contribution in [2.24, 2.45) is 0 Å². The Labute approximate surface area is 491 Å². The summed E-state index contributed by atoms with van der Waals surface area (Å²) in [5.74, 6) is 0. The molecule has 462 valence electrons. The molecule has 0 aliphatic carbocycles. The maximum atomic E-state index is 13.5. The van der Waals surface area contributed by atoms with Gasteiger partial charge in [-0.25, -0.2) is 0 Å². The molecule has 0 aromatic heterocycles. The van der Waals surface area contributed by atoms with Gasteiger partial charge in [0.2, 0.25) is 4.69 Å². The van der Waals surface area contributed by atoms with Crippen LogP contribution in [-0.2, 0) is 23.7 Å². The van der Waals surface area contributed by atoms with Gasteiger partial charge in [-0.15, -0.1) is 0 Å². The molecule has 0 bridgehead atoms. The first-order valence-electron chi connectivity index (χ1n) is 35.3. The smallest absolute Gasteiger partial charge is 0.229 e. The molecule has 0 heterocycles. The minimum atomic E-state index is -0.923. The topological polar surface area (TPSA) is 74.2 Å². The molecule has 0 saturated carbocycles. The Hall–Kier alpha value is -0.0500. The van der Waals surface area contributed by atoms with Crippen molar-refractivity contribution >= 4 is 20.6 Å². The van der Waals surface area contributed by atoms with Crippen molar-refractivity contribution in [2.75, 3.05) is 33.0 Å². The van der Waals surface area contributed by atoms with Gasteiger partial charge in [0, 0.05) is 26.4 Å². The van der Waals surface area contributed by atoms with Crippen LogP contribution in [0.15, 0.2) is 0 Å². The van der Waals surface area contributed by atoms with Gasteiger partial charge >= 0.3 is 0 Å². The van der Waals surface area contributed by atoms with Crippen LogP contribution >= 0.6 is 15.9 Å². The summed E-state index contributed by atoms with van der Waals surface area (Å²) in [6, 6.07) is 0. The van der Waals surface area contributed by atoms with Crippen LogP contribution in [0.5, 0.6) is 0 Å². The van der Waals surface area contributed by atoms with Crippen molar-refractivity contribution in [1.29, 1.82) is 0 Å². The normalized spacial score (nSPS) is 13.4. The fraction of sp³-hybridized carbons (Fsp3) is 0.986. The molecular formula is C70H139BrO6. The molecule has 77 heavy (non-hydrogen) atoms. The third-order valence-electron chi connectivity index (χ3n) is 16.6. The van der Waals surface area contributed by atoms with Gasteiger partial charge in [-0.1, -0.05) is 362 Å². The highest BCUT2D eigenvalue weighted by Crippen LogP contribution is 2.23. The number of aliphatic hydroxyl groups is 1. The number of carbonyl (C=O) groups is 1. The number of rotatable bonds is 69. The molecule has 0 unspecified atom stereocenters. The first-order valence-corrected chi connectivity index (χ1v) is 36.1. The van der Waals surface area contributed by atoms with E-state index in [4.69, 9.17) is 18.9 Å². The largest absolute Gasteiger partial charge is 0.388 e. The van der Waals surface area contributed by atoms with Gasteiger partial charge in [0.1, 0.15) is 18.3 Å². The molecule has 0 aromatic carbocycles. The van der Waals surface area contributed by atoms with Crippen LogP contribution in [0.25, 0.3) is 0 Å². The number of halogens is 1. The van der Waals surface area contributed by atoms with Gasteiger partial charge in [-0.05, 0) is 41.6 Å². The van der Waals surface area contributed by atoms with Gasteiger partial charge in [0.05, 0.1) is 6.61 Å². The highest BCUT2D eigenvalue weighted by molar-refractivity contribution is 9.18. The van der Waals surface area contributed by atoms with Crippen LogP contribution in [0, 0.1) is 0 Å². The Kier molecular flexibility index (Phi) is 66.7. The predicted octanol–water partition coefficient (Wildman–Crippen LogP) is 23.4. The van der Waals surface area contributed by atoms with Gasteiger partial charge in [0.15, 0.2) is 6.10 Å². The van der Waals surface area contributed by atoms with E-state index < -0.39 is 24.4 Å². The molecule has 0 aliphatic heterocycles. The number of hydrogen-bond acceptors (Lipinski definition) is 6. The summed E-state index contributed by atoms with van der Waals surface area (Å²) in [4.78, 5) is 13.5. The van der Waals surface area contributed by atoms with E-state index in [2.05, 4.69) is 43.6 Å². The number of carbonyl (C=O) groups excluding carboxylic acids is 1. The van der Waals surface area contributed by atoms with Crippen molar-refractivity contribution in [1.82, 2.24) is 0 Å². The lowest BCUT2D eigenvalue weighted by atomic mass is 10.0. The van der Waals surface area contributed by atoms with Crippen LogP contribution in [0.1, 0.15) is 387 Å². The highest BCUT2D eigenvalue weighted by Gasteiger charge is 2.40. The fourth-order valence-corrected chi connectivity index (χ4v) is 11.7. The summed E-state index contributed by atoms with van der Waals surface area (Å²) in [5, 5.41) is 12.0. The van der Waals surface area contributed by atoms with Crippen LogP contribution in [-0.4, -0.2) is 67.2 Å². The molecular weight excluding hydrogens is 1020 g/mol. The second-order valence-corrected chi connectivity index (χ2v) is 25.1. The Morgan fingerprint density at radius 1 is 0.286 bits per heavy atom. The van der Waals surface area contributed by atoms with Crippen molar-refractivity contribution in [2.45, 2.75) is 412 Å². The number of hydrogen-bond donors (Lipinski definition) is 1. The van der Waals surface area contributed by atoms with E-state index in [1.54, 1.807) is 0 Å². The zero-order chi connectivity index (χ0) is 55.8. The molecule has 0 amide bonds. The summed E-state index contributed by atoms with van der Waals surface area (Å²) in [5.41, 5.74) is 0. The molecule has 7 heteroatoms. The molecule has 0 aliphatic rings. The zero-order valence-corrected chi connectivity index (χ0v) is 54.4. The van der Waals surface area contributed by atoms with E-state index in [1.807, 2.05) is 0 Å². The van der Waals surface area contributed by atoms with Crippen molar-refractivity contribution in [3.63, 3.8) is 0 Å². The third-order valence-corrected chi connectivity index (χ3v) is 17.0. The van der Waals surface area contributed by atoms with Crippen molar-refractivity contribution in [3.8, 4) is 0 Å². The van der Waals surface area contributed by atoms with E-state index >= 15 is 0 Å². The van der Waals surface area contributed by atoms with Crippen molar-refractivity contribution in [3.05, 3.63) is 0 Å². The lowest BCUT2D eigenvalue weighted by molar-refractivity contribution is -0.179. The Bertz CT molecular complexity index is 1090. The highest BCUT2D eigenvalue weighted by atomic mass is 79.9. The maximum Gasteiger partial charge on any atom is 0.229 e. The van der Waals surface area contributed by atoms with Crippen LogP contribution < -0.4 is 0 Å². The summed E-state index contributed by atoms with van der Waals surface area (Å²) in [6.45, 7) is 11.5. The molecule has 0 fully saturated rings. The summed E-state index contributed by atoms with van der Waals surface area (Å²) in [7, 11) is 0. The Balaban J connectivity index is 5.38. The molecule has 0 saturated heterocycles. The second kappa shape index (κ2) is 66.7. The van der Waals surface area contributed by atoms with E-state index in [0.29, 0.717) is 26.4 Å². The number of ether oxygens (including phenoxy) is 4. The predicted molar refractivity (Wildman–Crippen MR) is 341 cm³/mol. The SMILES string of the molecule is CCCCCCCCCCCCCCCCOC[C@@H](O)[C@H](OCCCCCCCCCCCCCCCC)[C@H](OCCCCCCCCCCCCCCCC)[C@@H](OCCCCCCCCCCCCCCCC)C(=O)Br. The number of aliphatic hydroxyl groups excluding tert-OH is 1. The van der Waals surface area contributed by atoms with Crippen molar-refractivity contribution < 1.29 is 28.8 Å². The maximum absolute atomic E-state index is 13.5. The minimum Gasteiger partial charge on any atom is -0.388 e. The summed E-state index contributed by atoms with van der Waals surface area (Å²) in [6.07, 6.45) is 70.0. The van der Waals surface area contributed by atoms with Crippen LogP contribution in [0.4, 0.5) is 0 Å². The minimum absolute atomic E-state index is 0.169. The standard InChI is InChI=1S/C70H139BrO6/c1-5-9-13-17-21-25-29-33-37-41-45-49-53-57-61-74-65-66(72)67(75-62-58-54-50-46-42-38-34-30-26-22-18-14-10-6-2)68(76-63-59-55-51-47-43-39-35-31-27-23-19-15-11-7-3)69(70(71)73)77-64-60-56-52-48-44-40-36-32-28-24-20-16-12-8-4/h66-69,72H,5-65H2,1-4H3/t66-,67+,68+,69-/m1/s1. The molecule has 0 aromatic rings. The molecule has 0 radical (unpaired) electrons. The molecule has 6 nitrogen and oxygen atoms in total. The zero-order valence-electron chi connectivity index (χ0n) is 52.8. The Morgan fingerprint density at radius 2 is 0.481 bits per heavy atom. The third kappa shape index (κ3) is 57.6. The van der Waals surface area contributed by atoms with Gasteiger partial charge in [-0.3, -0.25) is 4.79 Å². The van der Waals surface area contributed by atoms with Crippen LogP contribution in [0.3, 0.4) is 0 Å². The second-order valence-electron chi connectivity index (χ2n) is 24.3. The molecule has 1 N–H and O–H groups in total. The van der Waals surface area contributed by atoms with Gasteiger partial charge < -0.3 is 24.1 Å².